The SMILES string of the molecule is COCCNC1CCC(Nc2ncnc3ccc(-c4cncc(O)c4)cc23)CC1. The number of hydrogen-bond donors (Lipinski definition) is 3. The van der Waals surface area contributed by atoms with Crippen molar-refractivity contribution in [1.29, 1.82) is 0 Å². The molecule has 0 amide bonds. The highest BCUT2D eigenvalue weighted by molar-refractivity contribution is 5.92. The van der Waals surface area contributed by atoms with Crippen LogP contribution in [0.5, 0.6) is 5.75 Å². The largest absolute Gasteiger partial charge is 0.506 e. The number of rotatable bonds is 7. The summed E-state index contributed by atoms with van der Waals surface area (Å²) < 4.78 is 5.12. The Labute approximate surface area is 170 Å². The minimum Gasteiger partial charge on any atom is -0.506 e. The molecule has 0 saturated heterocycles. The molecule has 7 heteroatoms. The lowest BCUT2D eigenvalue weighted by molar-refractivity contribution is 0.191. The van der Waals surface area contributed by atoms with Gasteiger partial charge in [-0.05, 0) is 49.4 Å². The zero-order valence-corrected chi connectivity index (χ0v) is 16.6. The van der Waals surface area contributed by atoms with Crippen LogP contribution in [0.4, 0.5) is 5.82 Å². The lowest BCUT2D eigenvalue weighted by atomic mass is 9.91. The number of nitrogens with one attached hydrogen (secondary N) is 2. The van der Waals surface area contributed by atoms with Crippen LogP contribution >= 0.6 is 0 Å². The normalized spacial score (nSPS) is 19.3. The molecule has 0 bridgehead atoms. The van der Waals surface area contributed by atoms with E-state index in [0.29, 0.717) is 12.1 Å². The molecule has 1 aliphatic rings. The van der Waals surface area contributed by atoms with Crippen molar-refractivity contribution < 1.29 is 9.84 Å². The predicted octanol–water partition coefficient (Wildman–Crippen LogP) is 3.36. The molecule has 0 atom stereocenters. The summed E-state index contributed by atoms with van der Waals surface area (Å²) in [5.74, 6) is 1.02. The van der Waals surface area contributed by atoms with Crippen LogP contribution in [-0.4, -0.2) is 52.4 Å². The maximum Gasteiger partial charge on any atom is 0.137 e. The monoisotopic (exact) mass is 393 g/mol. The Hall–Kier alpha value is -2.77. The second kappa shape index (κ2) is 9.15. The molecular weight excluding hydrogens is 366 g/mol. The third-order valence-electron chi connectivity index (χ3n) is 5.50. The number of anilines is 1. The summed E-state index contributed by atoms with van der Waals surface area (Å²) in [6.07, 6.45) is 9.28. The first kappa shape index (κ1) is 19.5. The molecule has 3 N–H and O–H groups in total. The first-order valence-corrected chi connectivity index (χ1v) is 10.1. The maximum absolute atomic E-state index is 9.74. The Kier molecular flexibility index (Phi) is 6.17. The Morgan fingerprint density at radius 1 is 1.03 bits per heavy atom. The van der Waals surface area contributed by atoms with E-state index in [1.165, 1.54) is 6.20 Å². The van der Waals surface area contributed by atoms with E-state index in [9.17, 15) is 5.11 Å². The number of ether oxygens (including phenoxy) is 1. The molecule has 1 saturated carbocycles. The third kappa shape index (κ3) is 4.81. The van der Waals surface area contributed by atoms with Gasteiger partial charge in [-0.3, -0.25) is 4.98 Å². The minimum absolute atomic E-state index is 0.154. The van der Waals surface area contributed by atoms with Crippen molar-refractivity contribution >= 4 is 16.7 Å². The van der Waals surface area contributed by atoms with Crippen LogP contribution < -0.4 is 10.6 Å². The van der Waals surface area contributed by atoms with E-state index >= 15 is 0 Å². The molecule has 2 heterocycles. The van der Waals surface area contributed by atoms with E-state index in [4.69, 9.17) is 4.74 Å². The number of aromatic hydroxyl groups is 1. The summed E-state index contributed by atoms with van der Waals surface area (Å²) in [4.78, 5) is 13.0. The van der Waals surface area contributed by atoms with Crippen LogP contribution in [0.2, 0.25) is 0 Å². The average molecular weight is 393 g/mol. The number of benzene rings is 1. The van der Waals surface area contributed by atoms with E-state index in [1.807, 2.05) is 12.1 Å². The van der Waals surface area contributed by atoms with Gasteiger partial charge >= 0.3 is 0 Å². The van der Waals surface area contributed by atoms with Gasteiger partial charge in [0, 0.05) is 42.9 Å². The highest BCUT2D eigenvalue weighted by Gasteiger charge is 2.21. The molecule has 3 aromatic rings. The summed E-state index contributed by atoms with van der Waals surface area (Å²) in [7, 11) is 1.73. The number of hydrogen-bond acceptors (Lipinski definition) is 7. The van der Waals surface area contributed by atoms with E-state index in [1.54, 1.807) is 25.7 Å². The summed E-state index contributed by atoms with van der Waals surface area (Å²) in [6, 6.07) is 8.72. The van der Waals surface area contributed by atoms with Crippen LogP contribution in [0.25, 0.3) is 22.0 Å². The van der Waals surface area contributed by atoms with Crippen LogP contribution in [0.1, 0.15) is 25.7 Å². The Morgan fingerprint density at radius 3 is 2.66 bits per heavy atom. The summed E-state index contributed by atoms with van der Waals surface area (Å²) in [5, 5.41) is 17.9. The molecule has 0 spiro atoms. The highest BCUT2D eigenvalue weighted by atomic mass is 16.5. The summed E-state index contributed by atoms with van der Waals surface area (Å²) in [5.41, 5.74) is 2.74. The Bertz CT molecular complexity index is 957. The van der Waals surface area contributed by atoms with Crippen LogP contribution in [0, 0.1) is 0 Å². The molecule has 1 fully saturated rings. The molecule has 4 rings (SSSR count). The number of nitrogens with zero attached hydrogens (tertiary/aromatic N) is 3. The number of aromatic nitrogens is 3. The van der Waals surface area contributed by atoms with Crippen LogP contribution in [0.3, 0.4) is 0 Å². The fraction of sp³-hybridized carbons (Fsp3) is 0.409. The highest BCUT2D eigenvalue weighted by Crippen LogP contribution is 2.29. The zero-order valence-electron chi connectivity index (χ0n) is 16.6. The fourth-order valence-electron chi connectivity index (χ4n) is 3.94. The molecule has 152 valence electrons. The predicted molar refractivity (Wildman–Crippen MR) is 114 cm³/mol. The van der Waals surface area contributed by atoms with Crippen molar-refractivity contribution in [2.45, 2.75) is 37.8 Å². The molecule has 7 nitrogen and oxygen atoms in total. The van der Waals surface area contributed by atoms with E-state index in [-0.39, 0.29) is 5.75 Å². The van der Waals surface area contributed by atoms with Gasteiger partial charge in [0.05, 0.1) is 18.3 Å². The molecule has 2 aromatic heterocycles. The first-order valence-electron chi connectivity index (χ1n) is 10.1. The van der Waals surface area contributed by atoms with Crippen molar-refractivity contribution in [3.05, 3.63) is 43.0 Å². The summed E-state index contributed by atoms with van der Waals surface area (Å²) >= 11 is 0. The quantitative estimate of drug-likeness (QED) is 0.530. The fourth-order valence-corrected chi connectivity index (χ4v) is 3.94. The second-order valence-corrected chi connectivity index (χ2v) is 7.53. The van der Waals surface area contributed by atoms with Gasteiger partial charge in [-0.2, -0.15) is 0 Å². The molecule has 0 radical (unpaired) electrons. The van der Waals surface area contributed by atoms with Gasteiger partial charge in [0.25, 0.3) is 0 Å². The van der Waals surface area contributed by atoms with Crippen molar-refractivity contribution in [3.63, 3.8) is 0 Å². The van der Waals surface area contributed by atoms with Gasteiger partial charge in [0.15, 0.2) is 0 Å². The number of fused-ring (bicyclic) bond motifs is 1. The molecule has 1 aromatic carbocycles. The average Bonchev–Trinajstić information content (AvgIpc) is 2.75. The third-order valence-corrected chi connectivity index (χ3v) is 5.50. The molecule has 0 aliphatic heterocycles. The Morgan fingerprint density at radius 2 is 1.86 bits per heavy atom. The van der Waals surface area contributed by atoms with Gasteiger partial charge in [-0.1, -0.05) is 6.07 Å². The zero-order chi connectivity index (χ0) is 20.1. The smallest absolute Gasteiger partial charge is 0.137 e. The first-order chi connectivity index (χ1) is 14.2. The molecule has 29 heavy (non-hydrogen) atoms. The van der Waals surface area contributed by atoms with Gasteiger partial charge in [0.2, 0.25) is 0 Å². The number of pyridine rings is 1. The standard InChI is InChI=1S/C22H27N5O2/c1-29-9-8-24-17-3-5-18(6-4-17)27-22-20-11-15(2-7-21(20)25-14-26-22)16-10-19(28)13-23-12-16/h2,7,10-14,17-18,24,28H,3-6,8-9H2,1H3,(H,25,26,27). The van der Waals surface area contributed by atoms with Crippen molar-refractivity contribution in [2.24, 2.45) is 0 Å². The van der Waals surface area contributed by atoms with Crippen LogP contribution in [-0.2, 0) is 4.74 Å². The van der Waals surface area contributed by atoms with Gasteiger partial charge < -0.3 is 20.5 Å². The molecule has 0 unspecified atom stereocenters. The van der Waals surface area contributed by atoms with E-state index in [0.717, 1.165) is 66.7 Å². The van der Waals surface area contributed by atoms with E-state index < -0.39 is 0 Å². The lowest BCUT2D eigenvalue weighted by Crippen LogP contribution is -2.38. The van der Waals surface area contributed by atoms with Gasteiger partial charge in [-0.25, -0.2) is 9.97 Å². The molecular formula is C22H27N5O2. The van der Waals surface area contributed by atoms with Crippen molar-refractivity contribution in [1.82, 2.24) is 20.3 Å². The Balaban J connectivity index is 1.48. The number of methoxy groups -OCH3 is 1. The van der Waals surface area contributed by atoms with E-state index in [2.05, 4.69) is 31.7 Å². The van der Waals surface area contributed by atoms with Gasteiger partial charge in [-0.15, -0.1) is 0 Å². The van der Waals surface area contributed by atoms with Crippen LogP contribution in [0.15, 0.2) is 43.0 Å². The van der Waals surface area contributed by atoms with Gasteiger partial charge in [0.1, 0.15) is 17.9 Å². The lowest BCUT2D eigenvalue weighted by Gasteiger charge is -2.30. The second-order valence-electron chi connectivity index (χ2n) is 7.53. The summed E-state index contributed by atoms with van der Waals surface area (Å²) in [6.45, 7) is 1.66. The minimum atomic E-state index is 0.154. The molecule has 1 aliphatic carbocycles. The maximum atomic E-state index is 9.74. The topological polar surface area (TPSA) is 92.2 Å². The van der Waals surface area contributed by atoms with Crippen molar-refractivity contribution in [2.75, 3.05) is 25.6 Å². The van der Waals surface area contributed by atoms with Crippen molar-refractivity contribution in [3.8, 4) is 16.9 Å².